The molecule has 0 aromatic heterocycles. The van der Waals surface area contributed by atoms with Gasteiger partial charge in [-0.2, -0.15) is 0 Å². The molecular formula is C14H19F2N3. The van der Waals surface area contributed by atoms with Crippen LogP contribution in [0.5, 0.6) is 0 Å². The Morgan fingerprint density at radius 2 is 1.68 bits per heavy atom. The number of hydrogen-bond acceptors (Lipinski definition) is 3. The fourth-order valence-electron chi connectivity index (χ4n) is 3.24. The fraction of sp³-hybridized carbons (Fsp3) is 0.571. The number of likely N-dealkylation sites (tertiary alicyclic amines) is 1. The Hall–Kier alpha value is -1.36. The third-order valence-electron chi connectivity index (χ3n) is 4.18. The van der Waals surface area contributed by atoms with Crippen LogP contribution in [0.3, 0.4) is 0 Å². The highest BCUT2D eigenvalue weighted by Gasteiger charge is 2.31. The highest BCUT2D eigenvalue weighted by Crippen LogP contribution is 2.30. The van der Waals surface area contributed by atoms with E-state index < -0.39 is 11.6 Å². The molecule has 1 unspecified atom stereocenters. The van der Waals surface area contributed by atoms with Gasteiger partial charge in [-0.25, -0.2) is 8.78 Å². The molecule has 0 aliphatic carbocycles. The predicted molar refractivity (Wildman–Crippen MR) is 72.2 cm³/mol. The van der Waals surface area contributed by atoms with E-state index in [1.165, 1.54) is 25.0 Å². The second-order valence-corrected chi connectivity index (χ2v) is 5.46. The molecule has 0 bridgehead atoms. The molecule has 1 atom stereocenters. The molecule has 3 nitrogen and oxygen atoms in total. The third-order valence-corrected chi connectivity index (χ3v) is 4.18. The SMILES string of the molecule is Nc1cc(F)c(N2CCC(N3CCCC3)C2)c(F)c1. The Bertz CT molecular complexity index is 449. The van der Waals surface area contributed by atoms with Crippen LogP contribution in [0.15, 0.2) is 12.1 Å². The molecule has 3 rings (SSSR count). The van der Waals surface area contributed by atoms with Gasteiger partial charge in [-0.15, -0.1) is 0 Å². The van der Waals surface area contributed by atoms with E-state index in [4.69, 9.17) is 5.73 Å². The summed E-state index contributed by atoms with van der Waals surface area (Å²) in [6.45, 7) is 3.65. The average molecular weight is 267 g/mol. The Kier molecular flexibility index (Phi) is 3.31. The van der Waals surface area contributed by atoms with Crippen LogP contribution in [0.25, 0.3) is 0 Å². The molecule has 2 fully saturated rings. The van der Waals surface area contributed by atoms with E-state index in [9.17, 15) is 8.78 Å². The molecule has 19 heavy (non-hydrogen) atoms. The van der Waals surface area contributed by atoms with E-state index in [0.717, 1.165) is 19.5 Å². The molecule has 2 aliphatic heterocycles. The number of nitrogen functional groups attached to an aromatic ring is 1. The van der Waals surface area contributed by atoms with Crippen molar-refractivity contribution in [3.8, 4) is 0 Å². The maximum atomic E-state index is 13.9. The first-order chi connectivity index (χ1) is 9.15. The van der Waals surface area contributed by atoms with Gasteiger partial charge in [-0.3, -0.25) is 4.90 Å². The van der Waals surface area contributed by atoms with Crippen LogP contribution in [0.2, 0.25) is 0 Å². The number of hydrogen-bond donors (Lipinski definition) is 1. The summed E-state index contributed by atoms with van der Waals surface area (Å²) in [5.74, 6) is -1.11. The van der Waals surface area contributed by atoms with Gasteiger partial charge in [-0.05, 0) is 44.5 Å². The fourth-order valence-corrected chi connectivity index (χ4v) is 3.24. The number of halogens is 2. The second kappa shape index (κ2) is 4.96. The van der Waals surface area contributed by atoms with Crippen molar-refractivity contribution in [3.05, 3.63) is 23.8 Å². The van der Waals surface area contributed by atoms with Crippen LogP contribution >= 0.6 is 0 Å². The summed E-state index contributed by atoms with van der Waals surface area (Å²) in [6.07, 6.45) is 3.45. The van der Waals surface area contributed by atoms with Gasteiger partial charge >= 0.3 is 0 Å². The van der Waals surface area contributed by atoms with Gasteiger partial charge in [0.15, 0.2) is 11.6 Å². The summed E-state index contributed by atoms with van der Waals surface area (Å²) in [5.41, 5.74) is 5.66. The lowest BCUT2D eigenvalue weighted by Gasteiger charge is -2.25. The van der Waals surface area contributed by atoms with Crippen molar-refractivity contribution in [2.24, 2.45) is 0 Å². The van der Waals surface area contributed by atoms with Crippen molar-refractivity contribution >= 4 is 11.4 Å². The van der Waals surface area contributed by atoms with E-state index >= 15 is 0 Å². The highest BCUT2D eigenvalue weighted by atomic mass is 19.1. The van der Waals surface area contributed by atoms with E-state index in [2.05, 4.69) is 4.90 Å². The van der Waals surface area contributed by atoms with Crippen LogP contribution in [0.4, 0.5) is 20.2 Å². The maximum absolute atomic E-state index is 13.9. The molecule has 0 radical (unpaired) electrons. The van der Waals surface area contributed by atoms with Crippen LogP contribution in [0, 0.1) is 11.6 Å². The molecule has 0 spiro atoms. The minimum absolute atomic E-state index is 0.0795. The standard InChI is InChI=1S/C14H19F2N3/c15-12-7-10(17)8-13(16)14(12)19-6-3-11(9-19)18-4-1-2-5-18/h7-8,11H,1-6,9,17H2. The van der Waals surface area contributed by atoms with E-state index in [0.29, 0.717) is 19.1 Å². The lowest BCUT2D eigenvalue weighted by atomic mass is 10.2. The Balaban J connectivity index is 1.77. The molecule has 2 N–H and O–H groups in total. The zero-order valence-electron chi connectivity index (χ0n) is 10.9. The summed E-state index contributed by atoms with van der Waals surface area (Å²) in [6, 6.07) is 2.82. The van der Waals surface area contributed by atoms with E-state index in [1.807, 2.05) is 4.90 Å². The lowest BCUT2D eigenvalue weighted by molar-refractivity contribution is 0.260. The molecular weight excluding hydrogens is 248 g/mol. The largest absolute Gasteiger partial charge is 0.399 e. The summed E-state index contributed by atoms with van der Waals surface area (Å²) < 4.78 is 27.8. The van der Waals surface area contributed by atoms with Crippen molar-refractivity contribution < 1.29 is 8.78 Å². The minimum Gasteiger partial charge on any atom is -0.399 e. The monoisotopic (exact) mass is 267 g/mol. The molecule has 2 heterocycles. The second-order valence-electron chi connectivity index (χ2n) is 5.46. The first-order valence-electron chi connectivity index (χ1n) is 6.88. The van der Waals surface area contributed by atoms with E-state index in [-0.39, 0.29) is 11.4 Å². The zero-order valence-corrected chi connectivity index (χ0v) is 10.9. The quantitative estimate of drug-likeness (QED) is 0.834. The third kappa shape index (κ3) is 2.39. The molecule has 0 amide bonds. The smallest absolute Gasteiger partial charge is 0.151 e. The topological polar surface area (TPSA) is 32.5 Å². The van der Waals surface area contributed by atoms with Crippen LogP contribution < -0.4 is 10.6 Å². The minimum atomic E-state index is -0.556. The maximum Gasteiger partial charge on any atom is 0.151 e. The van der Waals surface area contributed by atoms with Gasteiger partial charge in [0, 0.05) is 24.8 Å². The highest BCUT2D eigenvalue weighted by molar-refractivity contribution is 5.56. The van der Waals surface area contributed by atoms with Crippen molar-refractivity contribution in [2.45, 2.75) is 25.3 Å². The Labute approximate surface area is 112 Å². The number of anilines is 2. The summed E-state index contributed by atoms with van der Waals surface area (Å²) in [5, 5.41) is 0. The van der Waals surface area contributed by atoms with Gasteiger partial charge in [0.25, 0.3) is 0 Å². The van der Waals surface area contributed by atoms with Crippen molar-refractivity contribution in [1.82, 2.24) is 4.90 Å². The molecule has 1 aromatic carbocycles. The number of rotatable bonds is 2. The van der Waals surface area contributed by atoms with Crippen molar-refractivity contribution in [2.75, 3.05) is 36.8 Å². The van der Waals surface area contributed by atoms with Gasteiger partial charge < -0.3 is 10.6 Å². The zero-order chi connectivity index (χ0) is 13.4. The average Bonchev–Trinajstić information content (AvgIpc) is 2.97. The van der Waals surface area contributed by atoms with Gasteiger partial charge in [0.1, 0.15) is 5.69 Å². The Morgan fingerprint density at radius 1 is 1.05 bits per heavy atom. The predicted octanol–water partition coefficient (Wildman–Crippen LogP) is 2.22. The number of nitrogens with two attached hydrogens (primary N) is 1. The van der Waals surface area contributed by atoms with Crippen LogP contribution in [0.1, 0.15) is 19.3 Å². The first-order valence-corrected chi connectivity index (χ1v) is 6.88. The molecule has 104 valence electrons. The summed E-state index contributed by atoms with van der Waals surface area (Å²) in [4.78, 5) is 4.25. The molecule has 5 heteroatoms. The molecule has 2 saturated heterocycles. The molecule has 0 saturated carbocycles. The van der Waals surface area contributed by atoms with Crippen molar-refractivity contribution in [1.29, 1.82) is 0 Å². The summed E-state index contributed by atoms with van der Waals surface area (Å²) in [7, 11) is 0. The normalized spacial score (nSPS) is 24.3. The lowest BCUT2D eigenvalue weighted by Crippen LogP contribution is -2.35. The van der Waals surface area contributed by atoms with E-state index in [1.54, 1.807) is 0 Å². The number of nitrogens with zero attached hydrogens (tertiary/aromatic N) is 2. The molecule has 2 aliphatic rings. The van der Waals surface area contributed by atoms with Crippen LogP contribution in [-0.4, -0.2) is 37.1 Å². The molecule has 1 aromatic rings. The van der Waals surface area contributed by atoms with Gasteiger partial charge in [0.05, 0.1) is 0 Å². The van der Waals surface area contributed by atoms with Crippen molar-refractivity contribution in [3.63, 3.8) is 0 Å². The summed E-state index contributed by atoms with van der Waals surface area (Å²) >= 11 is 0. The first kappa shape index (κ1) is 12.7. The Morgan fingerprint density at radius 3 is 2.32 bits per heavy atom. The van der Waals surface area contributed by atoms with Gasteiger partial charge in [-0.1, -0.05) is 0 Å². The van der Waals surface area contributed by atoms with Crippen LogP contribution in [-0.2, 0) is 0 Å². The van der Waals surface area contributed by atoms with Gasteiger partial charge in [0.2, 0.25) is 0 Å². The number of benzene rings is 1.